The summed E-state index contributed by atoms with van der Waals surface area (Å²) in [7, 11) is 0. The summed E-state index contributed by atoms with van der Waals surface area (Å²) in [5.41, 5.74) is 6.45. The molecule has 0 saturated heterocycles. The molecule has 0 bridgehead atoms. The van der Waals surface area contributed by atoms with E-state index in [-0.39, 0.29) is 26.2 Å². The van der Waals surface area contributed by atoms with Crippen LogP contribution in [0.1, 0.15) is 13.3 Å². The van der Waals surface area contributed by atoms with Gasteiger partial charge in [-0.25, -0.2) is 0 Å². The molecule has 1 nitrogen and oxygen atoms in total. The minimum atomic E-state index is 0. The van der Waals surface area contributed by atoms with E-state index in [9.17, 15) is 0 Å². The van der Waals surface area contributed by atoms with Crippen molar-refractivity contribution in [3.63, 3.8) is 0 Å². The van der Waals surface area contributed by atoms with Crippen LogP contribution in [0.5, 0.6) is 0 Å². The van der Waals surface area contributed by atoms with Crippen LogP contribution >= 0.6 is 0 Å². The molecule has 0 saturated carbocycles. The van der Waals surface area contributed by atoms with Crippen LogP contribution in [-0.4, -0.2) is 6.54 Å². The molecule has 5 heavy (non-hydrogen) atoms. The van der Waals surface area contributed by atoms with Gasteiger partial charge in [0.05, 0.1) is 0 Å². The number of rotatable bonds is 1. The summed E-state index contributed by atoms with van der Waals surface area (Å²) in [5.74, 6) is 0. The Kier molecular flexibility index (Phi) is 16.4. The summed E-state index contributed by atoms with van der Waals surface area (Å²) in [5, 5.41) is 0. The first-order chi connectivity index (χ1) is 1.91. The van der Waals surface area contributed by atoms with Crippen LogP contribution in [0.3, 0.4) is 0 Å². The van der Waals surface area contributed by atoms with E-state index in [0.29, 0.717) is 6.54 Å². The van der Waals surface area contributed by atoms with Gasteiger partial charge in [0.25, 0.3) is 0 Å². The standard InChI is InChI=1S/C3H8N.Zr/c1-2-3-4;/h4H,2-3H2,1H3;/q-1;+4. The Morgan fingerprint density at radius 3 is 1.80 bits per heavy atom. The Balaban J connectivity index is 0. The Labute approximate surface area is 52.1 Å². The third-order valence-corrected chi connectivity index (χ3v) is 0.250. The number of hydrogen-bond donors (Lipinski definition) is 0. The Morgan fingerprint density at radius 2 is 1.80 bits per heavy atom. The van der Waals surface area contributed by atoms with E-state index in [0.717, 1.165) is 6.42 Å². The Bertz CT molecular complexity index is 8.85. The fourth-order valence-corrected chi connectivity index (χ4v) is 0. The van der Waals surface area contributed by atoms with Crippen molar-refractivity contribution in [2.45, 2.75) is 13.3 Å². The maximum absolute atomic E-state index is 6.45. The first-order valence-electron chi connectivity index (χ1n) is 1.56. The van der Waals surface area contributed by atoms with Gasteiger partial charge in [-0.15, -0.1) is 0 Å². The molecule has 0 aromatic heterocycles. The molecule has 26 valence electrons. The summed E-state index contributed by atoms with van der Waals surface area (Å²) < 4.78 is 0. The third kappa shape index (κ3) is 11.5. The second kappa shape index (κ2) is 8.85. The topological polar surface area (TPSA) is 23.8 Å². The van der Waals surface area contributed by atoms with Crippen molar-refractivity contribution in [1.82, 2.24) is 0 Å². The predicted octanol–water partition coefficient (Wildman–Crippen LogP) is 1.45. The summed E-state index contributed by atoms with van der Waals surface area (Å²) in [6, 6.07) is 0. The molecule has 0 spiro atoms. The molecule has 0 aromatic rings. The fourth-order valence-electron chi connectivity index (χ4n) is 0. The quantitative estimate of drug-likeness (QED) is 0.539. The first kappa shape index (κ1) is 9.28. The van der Waals surface area contributed by atoms with E-state index >= 15 is 0 Å². The van der Waals surface area contributed by atoms with Gasteiger partial charge in [-0.2, -0.15) is 6.54 Å². The zero-order valence-corrected chi connectivity index (χ0v) is 5.87. The second-order valence-corrected chi connectivity index (χ2v) is 0.750. The molecule has 0 rings (SSSR count). The Hall–Kier alpha value is 0.843. The zero-order chi connectivity index (χ0) is 3.41. The molecule has 0 fully saturated rings. The minimum Gasteiger partial charge on any atom is -0.677 e. The van der Waals surface area contributed by atoms with E-state index in [2.05, 4.69) is 0 Å². The molecule has 0 aromatic carbocycles. The fraction of sp³-hybridized carbons (Fsp3) is 1.00. The number of nitrogens with one attached hydrogen (secondary N) is 1. The van der Waals surface area contributed by atoms with E-state index in [1.807, 2.05) is 6.92 Å². The van der Waals surface area contributed by atoms with Gasteiger partial charge in [-0.1, -0.05) is 13.3 Å². The second-order valence-electron chi connectivity index (χ2n) is 0.750. The van der Waals surface area contributed by atoms with E-state index in [4.69, 9.17) is 5.73 Å². The molecule has 0 radical (unpaired) electrons. The van der Waals surface area contributed by atoms with Gasteiger partial charge in [-0.3, -0.25) is 0 Å². The largest absolute Gasteiger partial charge is 4.00 e. The van der Waals surface area contributed by atoms with Crippen molar-refractivity contribution in [2.24, 2.45) is 0 Å². The van der Waals surface area contributed by atoms with Crippen LogP contribution in [0.15, 0.2) is 0 Å². The Morgan fingerprint density at radius 1 is 1.60 bits per heavy atom. The smallest absolute Gasteiger partial charge is 0.677 e. The SMILES string of the molecule is CCC[NH-].[Zr+4]. The van der Waals surface area contributed by atoms with Gasteiger partial charge >= 0.3 is 26.2 Å². The minimum absolute atomic E-state index is 0. The molecule has 1 N–H and O–H groups in total. The van der Waals surface area contributed by atoms with Gasteiger partial charge in [0.2, 0.25) is 0 Å². The van der Waals surface area contributed by atoms with Crippen molar-refractivity contribution in [1.29, 1.82) is 0 Å². The van der Waals surface area contributed by atoms with Crippen LogP contribution in [-0.2, 0) is 26.2 Å². The predicted molar refractivity (Wildman–Crippen MR) is 19.5 cm³/mol. The normalized spacial score (nSPS) is 6.00. The van der Waals surface area contributed by atoms with Gasteiger partial charge in [-0.05, 0) is 0 Å². The molecule has 0 heterocycles. The molecular weight excluding hydrogens is 141 g/mol. The summed E-state index contributed by atoms with van der Waals surface area (Å²) in [6.07, 6.45) is 0.986. The van der Waals surface area contributed by atoms with Gasteiger partial charge < -0.3 is 5.73 Å². The van der Waals surface area contributed by atoms with Crippen LogP contribution in [0.2, 0.25) is 0 Å². The molecule has 0 aliphatic carbocycles. The van der Waals surface area contributed by atoms with Crippen molar-refractivity contribution in [3.8, 4) is 0 Å². The van der Waals surface area contributed by atoms with Crippen LogP contribution < -0.4 is 0 Å². The van der Waals surface area contributed by atoms with Gasteiger partial charge in [0.1, 0.15) is 0 Å². The molecule has 0 aliphatic heterocycles. The van der Waals surface area contributed by atoms with Crippen LogP contribution in [0.4, 0.5) is 0 Å². The van der Waals surface area contributed by atoms with Crippen LogP contribution in [0, 0.1) is 0 Å². The average Bonchev–Trinajstić information content (AvgIpc) is 1.37. The zero-order valence-electron chi connectivity index (χ0n) is 3.41. The van der Waals surface area contributed by atoms with E-state index in [1.165, 1.54) is 0 Å². The van der Waals surface area contributed by atoms with Gasteiger partial charge in [0.15, 0.2) is 0 Å². The summed E-state index contributed by atoms with van der Waals surface area (Å²) in [6.45, 7) is 2.56. The van der Waals surface area contributed by atoms with Crippen molar-refractivity contribution >= 4 is 0 Å². The molecule has 0 atom stereocenters. The van der Waals surface area contributed by atoms with Crippen molar-refractivity contribution in [2.75, 3.05) is 6.54 Å². The third-order valence-electron chi connectivity index (χ3n) is 0.250. The van der Waals surface area contributed by atoms with Gasteiger partial charge in [0, 0.05) is 0 Å². The molecular formula is C3H8NZr+3. The van der Waals surface area contributed by atoms with Crippen molar-refractivity contribution < 1.29 is 26.2 Å². The maximum Gasteiger partial charge on any atom is 4.00 e. The summed E-state index contributed by atoms with van der Waals surface area (Å²) >= 11 is 0. The number of hydrogen-bond acceptors (Lipinski definition) is 0. The van der Waals surface area contributed by atoms with E-state index in [1.54, 1.807) is 0 Å². The van der Waals surface area contributed by atoms with Crippen LogP contribution in [0.25, 0.3) is 5.73 Å². The first-order valence-corrected chi connectivity index (χ1v) is 1.56. The average molecular weight is 149 g/mol. The molecule has 0 amide bonds. The monoisotopic (exact) mass is 148 g/mol. The van der Waals surface area contributed by atoms with E-state index < -0.39 is 0 Å². The van der Waals surface area contributed by atoms with Crippen molar-refractivity contribution in [3.05, 3.63) is 5.73 Å². The molecule has 0 unspecified atom stereocenters. The molecule has 0 aliphatic rings. The maximum atomic E-state index is 6.45. The summed E-state index contributed by atoms with van der Waals surface area (Å²) in [4.78, 5) is 0. The molecule has 2 heteroatoms.